The van der Waals surface area contributed by atoms with Gasteiger partial charge in [-0.1, -0.05) is 35.1 Å². The number of nitrogens with zero attached hydrogens (tertiary/aromatic N) is 2. The van der Waals surface area contributed by atoms with Crippen molar-refractivity contribution in [1.29, 1.82) is 0 Å². The van der Waals surface area contributed by atoms with Crippen LogP contribution < -0.4 is 10.2 Å². The summed E-state index contributed by atoms with van der Waals surface area (Å²) in [6.45, 7) is 4.76. The lowest BCUT2D eigenvalue weighted by Crippen LogP contribution is -2.45. The molecule has 1 aromatic carbocycles. The minimum atomic E-state index is -0.0836. The quantitative estimate of drug-likeness (QED) is 0.868. The predicted molar refractivity (Wildman–Crippen MR) is 101 cm³/mol. The van der Waals surface area contributed by atoms with Crippen molar-refractivity contribution in [3.63, 3.8) is 0 Å². The van der Waals surface area contributed by atoms with E-state index in [0.29, 0.717) is 0 Å². The third kappa shape index (κ3) is 4.93. The number of amides is 1. The Labute approximate surface area is 156 Å². The number of nitrogens with one attached hydrogen (secondary N) is 1. The maximum Gasteiger partial charge on any atom is 0.307 e. The minimum Gasteiger partial charge on any atom is -0.352 e. The van der Waals surface area contributed by atoms with Crippen LogP contribution in [0.5, 0.6) is 0 Å². The molecule has 1 saturated heterocycles. The molecule has 1 fully saturated rings. The Kier molecular flexibility index (Phi) is 5.93. The van der Waals surface area contributed by atoms with Crippen molar-refractivity contribution in [3.05, 3.63) is 55.6 Å². The largest absolute Gasteiger partial charge is 0.352 e. The van der Waals surface area contributed by atoms with Gasteiger partial charge in [-0.15, -0.1) is 0 Å². The molecular weight excluding hydrogens is 358 g/mol. The van der Waals surface area contributed by atoms with Crippen molar-refractivity contribution in [2.45, 2.75) is 38.9 Å². The van der Waals surface area contributed by atoms with E-state index in [-0.39, 0.29) is 23.4 Å². The highest BCUT2D eigenvalue weighted by molar-refractivity contribution is 7.07. The third-order valence-electron chi connectivity index (χ3n) is 4.55. The van der Waals surface area contributed by atoms with Gasteiger partial charge in [-0.05, 0) is 37.5 Å². The zero-order chi connectivity index (χ0) is 17.8. The topological polar surface area (TPSA) is 54.3 Å². The molecule has 7 heteroatoms. The molecule has 0 spiro atoms. The van der Waals surface area contributed by atoms with Crippen LogP contribution >= 0.6 is 22.9 Å². The van der Waals surface area contributed by atoms with Crippen molar-refractivity contribution in [2.24, 2.45) is 0 Å². The minimum absolute atomic E-state index is 0.0783. The number of aryl methyl sites for hydroxylation is 1. The first-order valence-corrected chi connectivity index (χ1v) is 9.68. The molecule has 1 amide bonds. The zero-order valence-corrected chi connectivity index (χ0v) is 15.8. The summed E-state index contributed by atoms with van der Waals surface area (Å²) in [4.78, 5) is 26.2. The lowest BCUT2D eigenvalue weighted by atomic mass is 10.0. The highest BCUT2D eigenvalue weighted by Gasteiger charge is 2.21. The molecule has 0 bridgehead atoms. The predicted octanol–water partition coefficient (Wildman–Crippen LogP) is 2.65. The highest BCUT2D eigenvalue weighted by atomic mass is 35.5. The van der Waals surface area contributed by atoms with E-state index >= 15 is 0 Å². The average Bonchev–Trinajstić information content (AvgIpc) is 2.90. The lowest BCUT2D eigenvalue weighted by molar-refractivity contribution is -0.122. The molecule has 2 heterocycles. The smallest absolute Gasteiger partial charge is 0.307 e. The molecule has 1 aliphatic heterocycles. The molecular formula is C18H22ClN3O2S. The summed E-state index contributed by atoms with van der Waals surface area (Å²) in [5.74, 6) is -0.0836. The second-order valence-electron chi connectivity index (χ2n) is 6.47. The molecule has 0 atom stereocenters. The van der Waals surface area contributed by atoms with E-state index in [0.717, 1.165) is 54.5 Å². The van der Waals surface area contributed by atoms with Crippen molar-refractivity contribution in [2.75, 3.05) is 13.1 Å². The summed E-state index contributed by atoms with van der Waals surface area (Å²) in [6.07, 6.45) is 1.85. The van der Waals surface area contributed by atoms with Gasteiger partial charge in [0.15, 0.2) is 0 Å². The Balaban J connectivity index is 1.45. The van der Waals surface area contributed by atoms with Crippen molar-refractivity contribution >= 4 is 28.8 Å². The van der Waals surface area contributed by atoms with E-state index in [4.69, 9.17) is 11.6 Å². The zero-order valence-electron chi connectivity index (χ0n) is 14.2. The monoisotopic (exact) mass is 379 g/mol. The molecule has 1 aromatic heterocycles. The van der Waals surface area contributed by atoms with E-state index in [1.165, 1.54) is 10.1 Å². The van der Waals surface area contributed by atoms with E-state index in [2.05, 4.69) is 22.3 Å². The van der Waals surface area contributed by atoms with Gasteiger partial charge in [0.2, 0.25) is 5.91 Å². The molecule has 0 saturated carbocycles. The number of piperidine rings is 1. The molecule has 0 aliphatic carbocycles. The van der Waals surface area contributed by atoms with Gasteiger partial charge >= 0.3 is 4.87 Å². The maximum absolute atomic E-state index is 12.2. The van der Waals surface area contributed by atoms with Crippen LogP contribution in [0.2, 0.25) is 5.02 Å². The summed E-state index contributed by atoms with van der Waals surface area (Å²) < 4.78 is 1.52. The normalized spacial score (nSPS) is 16.1. The first-order chi connectivity index (χ1) is 12.0. The molecule has 2 aromatic rings. The fraction of sp³-hybridized carbons (Fsp3) is 0.444. The van der Waals surface area contributed by atoms with Crippen LogP contribution in [0, 0.1) is 6.92 Å². The van der Waals surface area contributed by atoms with Crippen LogP contribution in [-0.2, 0) is 17.9 Å². The van der Waals surface area contributed by atoms with Crippen LogP contribution in [0.15, 0.2) is 34.4 Å². The number of rotatable bonds is 5. The summed E-state index contributed by atoms with van der Waals surface area (Å²) in [5, 5.41) is 5.60. The summed E-state index contributed by atoms with van der Waals surface area (Å²) in [5.41, 5.74) is 2.09. The average molecular weight is 380 g/mol. The van der Waals surface area contributed by atoms with Crippen LogP contribution in [0.1, 0.15) is 24.1 Å². The Morgan fingerprint density at radius 1 is 1.28 bits per heavy atom. The van der Waals surface area contributed by atoms with Crippen molar-refractivity contribution < 1.29 is 4.79 Å². The number of hydrogen-bond acceptors (Lipinski definition) is 4. The van der Waals surface area contributed by atoms with E-state index in [1.54, 1.807) is 5.38 Å². The first kappa shape index (κ1) is 18.2. The van der Waals surface area contributed by atoms with E-state index in [1.807, 2.05) is 19.1 Å². The number of hydrogen-bond donors (Lipinski definition) is 1. The second kappa shape index (κ2) is 8.17. The third-order valence-corrected chi connectivity index (χ3v) is 5.68. The Morgan fingerprint density at radius 3 is 2.56 bits per heavy atom. The maximum atomic E-state index is 12.2. The number of aromatic nitrogens is 1. The lowest BCUT2D eigenvalue weighted by Gasteiger charge is -2.32. The number of thiazole rings is 1. The van der Waals surface area contributed by atoms with Crippen molar-refractivity contribution in [1.82, 2.24) is 14.8 Å². The number of likely N-dealkylation sites (tertiary alicyclic amines) is 1. The summed E-state index contributed by atoms with van der Waals surface area (Å²) in [6, 6.07) is 8.12. The van der Waals surface area contributed by atoms with Gasteiger partial charge in [0.05, 0.1) is 0 Å². The van der Waals surface area contributed by atoms with Crippen LogP contribution in [0.3, 0.4) is 0 Å². The molecule has 1 N–H and O–H groups in total. The Hall–Kier alpha value is -1.63. The standard InChI is InChI=1S/C18H22ClN3O2S/c1-13-12-25-18(24)22(13)11-17(23)20-16-6-8-21(9-7-16)10-14-2-4-15(19)5-3-14/h2-5,12,16H,6-11H2,1H3,(H,20,23). The first-order valence-electron chi connectivity index (χ1n) is 8.42. The summed E-state index contributed by atoms with van der Waals surface area (Å²) >= 11 is 7.05. The molecule has 0 radical (unpaired) electrons. The molecule has 5 nitrogen and oxygen atoms in total. The van der Waals surface area contributed by atoms with Gasteiger partial charge in [0.25, 0.3) is 0 Å². The van der Waals surface area contributed by atoms with E-state index < -0.39 is 0 Å². The molecule has 3 rings (SSSR count). The number of benzene rings is 1. The molecule has 0 unspecified atom stereocenters. The fourth-order valence-electron chi connectivity index (χ4n) is 3.10. The fourth-order valence-corrected chi connectivity index (χ4v) is 3.96. The van der Waals surface area contributed by atoms with E-state index in [9.17, 15) is 9.59 Å². The van der Waals surface area contributed by atoms with Crippen LogP contribution in [0.25, 0.3) is 0 Å². The van der Waals surface area contributed by atoms with Gasteiger partial charge in [-0.3, -0.25) is 19.1 Å². The Bertz CT molecular complexity index is 776. The molecule has 134 valence electrons. The van der Waals surface area contributed by atoms with Gasteiger partial charge in [0, 0.05) is 41.8 Å². The van der Waals surface area contributed by atoms with Gasteiger partial charge < -0.3 is 5.32 Å². The molecule has 25 heavy (non-hydrogen) atoms. The summed E-state index contributed by atoms with van der Waals surface area (Å²) in [7, 11) is 0. The van der Waals surface area contributed by atoms with Crippen LogP contribution in [-0.4, -0.2) is 34.5 Å². The number of carbonyl (C=O) groups excluding carboxylic acids is 1. The van der Waals surface area contributed by atoms with Gasteiger partial charge in [-0.25, -0.2) is 0 Å². The van der Waals surface area contributed by atoms with Crippen molar-refractivity contribution in [3.8, 4) is 0 Å². The highest BCUT2D eigenvalue weighted by Crippen LogP contribution is 2.16. The molecule has 1 aliphatic rings. The van der Waals surface area contributed by atoms with Gasteiger partial charge in [-0.2, -0.15) is 0 Å². The number of carbonyl (C=O) groups is 1. The second-order valence-corrected chi connectivity index (χ2v) is 7.73. The van der Waals surface area contributed by atoms with Gasteiger partial charge in [0.1, 0.15) is 6.54 Å². The SMILES string of the molecule is Cc1csc(=O)n1CC(=O)NC1CCN(Cc2ccc(Cl)cc2)CC1. The van der Waals surface area contributed by atoms with Crippen LogP contribution in [0.4, 0.5) is 0 Å². The Morgan fingerprint density at radius 2 is 1.96 bits per heavy atom. The number of halogens is 1.